The van der Waals surface area contributed by atoms with Crippen molar-refractivity contribution in [1.29, 1.82) is 0 Å². The maximum absolute atomic E-state index is 2.65. The number of rotatable bonds is 0. The molecule has 1 aromatic heterocycles. The molecule has 0 spiro atoms. The summed E-state index contributed by atoms with van der Waals surface area (Å²) in [6.07, 6.45) is 2.04. The highest BCUT2D eigenvalue weighted by atomic mass is 27.1. The van der Waals surface area contributed by atoms with Crippen molar-refractivity contribution in [2.24, 2.45) is 0 Å². The van der Waals surface area contributed by atoms with E-state index in [-0.39, 0.29) is 0 Å². The maximum Gasteiger partial charge on any atom is 0.317 e. The zero-order valence-electron chi connectivity index (χ0n) is 5.49. The van der Waals surface area contributed by atoms with Crippen molar-refractivity contribution in [3.05, 3.63) is 36.5 Å². The molecule has 46 valence electrons. The second-order valence-electron chi connectivity index (χ2n) is 2.28. The summed E-state index contributed by atoms with van der Waals surface area (Å²) in [6, 6.07) is 10.4. The Balaban J connectivity index is 2.93. The van der Waals surface area contributed by atoms with Gasteiger partial charge in [0.25, 0.3) is 0 Å². The molecule has 1 nitrogen and oxygen atoms in total. The minimum Gasteiger partial charge on any atom is -0.458 e. The Labute approximate surface area is 67.9 Å². The first-order valence-electron chi connectivity index (χ1n) is 3.19. The van der Waals surface area contributed by atoms with Gasteiger partial charge in [0.05, 0.1) is 0 Å². The van der Waals surface area contributed by atoms with Crippen LogP contribution in [0.15, 0.2) is 36.5 Å². The minimum atomic E-state index is 1.26. The maximum atomic E-state index is 2.65. The lowest BCUT2D eigenvalue weighted by atomic mass is 10.3. The van der Waals surface area contributed by atoms with Crippen molar-refractivity contribution >= 4 is 27.4 Å². The van der Waals surface area contributed by atoms with Crippen LogP contribution in [0.2, 0.25) is 0 Å². The van der Waals surface area contributed by atoms with Gasteiger partial charge in [0, 0.05) is 5.52 Å². The summed E-state index contributed by atoms with van der Waals surface area (Å²) in [7, 11) is 0. The predicted octanol–water partition coefficient (Wildman–Crippen LogP) is 1.57. The Hall–Kier alpha value is -0.708. The molecule has 1 heterocycles. The fraction of sp³-hybridized carbons (Fsp3) is 0. The Morgan fingerprint density at radius 3 is 2.70 bits per heavy atom. The van der Waals surface area contributed by atoms with E-state index in [2.05, 4.69) is 34.7 Å². The van der Waals surface area contributed by atoms with Gasteiger partial charge in [0.2, 0.25) is 0 Å². The average Bonchev–Trinajstić information content (AvgIpc) is 2.34. The molecular formula is C8H6AlN. The molecule has 0 fully saturated rings. The number of para-hydroxylation sites is 1. The van der Waals surface area contributed by atoms with Gasteiger partial charge in [-0.1, -0.05) is 18.2 Å². The molecule has 2 radical (unpaired) electrons. The number of fused-ring (bicyclic) bond motifs is 1. The van der Waals surface area contributed by atoms with Gasteiger partial charge in [-0.2, -0.15) is 0 Å². The zero-order valence-corrected chi connectivity index (χ0v) is 6.64. The molecule has 2 heteroatoms. The first-order chi connectivity index (χ1) is 4.88. The van der Waals surface area contributed by atoms with E-state index in [0.29, 0.717) is 0 Å². The van der Waals surface area contributed by atoms with Crippen LogP contribution in [0.3, 0.4) is 0 Å². The Bertz CT molecular complexity index is 351. The van der Waals surface area contributed by atoms with Crippen molar-refractivity contribution in [2.75, 3.05) is 0 Å². The molecule has 0 aliphatic carbocycles. The molecule has 0 N–H and O–H groups in total. The van der Waals surface area contributed by atoms with Crippen LogP contribution < -0.4 is 0 Å². The van der Waals surface area contributed by atoms with Crippen LogP contribution in [0, 0.1) is 0 Å². The second kappa shape index (κ2) is 2.16. The number of nitrogens with zero attached hydrogens (tertiary/aromatic N) is 1. The van der Waals surface area contributed by atoms with Crippen molar-refractivity contribution in [1.82, 2.24) is 3.55 Å². The lowest BCUT2D eigenvalue weighted by Crippen LogP contribution is -1.85. The summed E-state index contributed by atoms with van der Waals surface area (Å²) < 4.78 is 2.04. The summed E-state index contributed by atoms with van der Waals surface area (Å²) in [5.41, 5.74) is 1.26. The van der Waals surface area contributed by atoms with E-state index in [1.807, 2.05) is 21.9 Å². The quantitative estimate of drug-likeness (QED) is 0.493. The topological polar surface area (TPSA) is 4.93 Å². The second-order valence-corrected chi connectivity index (χ2v) is 2.84. The van der Waals surface area contributed by atoms with E-state index in [1.54, 1.807) is 0 Å². The molecule has 10 heavy (non-hydrogen) atoms. The standard InChI is InChI=1S/C8H6N.Al/c1-2-4-8-7(3-1)5-6-9-8;/h1-6H;/q-1;+1. The summed E-state index contributed by atoms with van der Waals surface area (Å²) in [5, 5.41) is 1.29. The number of aromatic nitrogens is 1. The number of hydrogen-bond donors (Lipinski definition) is 0. The highest BCUT2D eigenvalue weighted by molar-refractivity contribution is 6.11. The molecule has 0 saturated carbocycles. The van der Waals surface area contributed by atoms with Crippen molar-refractivity contribution in [3.63, 3.8) is 0 Å². The molecular weight excluding hydrogens is 137 g/mol. The van der Waals surface area contributed by atoms with Crippen LogP contribution in [-0.2, 0) is 0 Å². The normalized spacial score (nSPS) is 10.4. The van der Waals surface area contributed by atoms with Gasteiger partial charge in [-0.25, -0.2) is 0 Å². The van der Waals surface area contributed by atoms with E-state index < -0.39 is 0 Å². The molecule has 0 unspecified atom stereocenters. The van der Waals surface area contributed by atoms with Crippen LogP contribution in [0.4, 0.5) is 0 Å². The van der Waals surface area contributed by atoms with Gasteiger partial charge >= 0.3 is 16.5 Å². The average molecular weight is 143 g/mol. The van der Waals surface area contributed by atoms with Gasteiger partial charge in [0.1, 0.15) is 0 Å². The molecule has 1 aromatic carbocycles. The monoisotopic (exact) mass is 143 g/mol. The minimum absolute atomic E-state index is 1.26. The van der Waals surface area contributed by atoms with Gasteiger partial charge in [-0.3, -0.25) is 0 Å². The molecule has 0 bridgehead atoms. The fourth-order valence-electron chi connectivity index (χ4n) is 1.10. The fourth-order valence-corrected chi connectivity index (χ4v) is 1.43. The van der Waals surface area contributed by atoms with E-state index in [0.717, 1.165) is 0 Å². The highest BCUT2D eigenvalue weighted by Gasteiger charge is 1.91. The molecule has 0 aliphatic heterocycles. The molecule has 0 atom stereocenters. The van der Waals surface area contributed by atoms with Crippen LogP contribution in [0.5, 0.6) is 0 Å². The molecule has 0 aliphatic rings. The summed E-state index contributed by atoms with van der Waals surface area (Å²) in [4.78, 5) is 0. The SMILES string of the molecule is [Al][n]1ccc2ccccc21. The molecule has 0 saturated heterocycles. The van der Waals surface area contributed by atoms with Crippen LogP contribution in [0.1, 0.15) is 0 Å². The lowest BCUT2D eigenvalue weighted by Gasteiger charge is -1.94. The summed E-state index contributed by atoms with van der Waals surface area (Å²) in [6.45, 7) is 0. The van der Waals surface area contributed by atoms with E-state index in [1.165, 1.54) is 10.9 Å². The first-order valence-corrected chi connectivity index (χ1v) is 3.71. The van der Waals surface area contributed by atoms with Crippen molar-refractivity contribution in [3.8, 4) is 0 Å². The zero-order chi connectivity index (χ0) is 6.97. The van der Waals surface area contributed by atoms with Gasteiger partial charge in [-0.05, 0) is 23.7 Å². The van der Waals surface area contributed by atoms with Crippen LogP contribution in [-0.4, -0.2) is 20.1 Å². The van der Waals surface area contributed by atoms with Crippen molar-refractivity contribution in [2.45, 2.75) is 0 Å². The Kier molecular flexibility index (Phi) is 1.30. The smallest absolute Gasteiger partial charge is 0.317 e. The molecule has 2 rings (SSSR count). The van der Waals surface area contributed by atoms with E-state index >= 15 is 0 Å². The van der Waals surface area contributed by atoms with Gasteiger partial charge in [-0.15, -0.1) is 0 Å². The summed E-state index contributed by atoms with van der Waals surface area (Å²) in [5.74, 6) is 0. The van der Waals surface area contributed by atoms with E-state index in [4.69, 9.17) is 0 Å². The Morgan fingerprint density at radius 1 is 1.10 bits per heavy atom. The Morgan fingerprint density at radius 2 is 1.90 bits per heavy atom. The highest BCUT2D eigenvalue weighted by Crippen LogP contribution is 2.12. The lowest BCUT2D eigenvalue weighted by molar-refractivity contribution is 1.32. The first kappa shape index (κ1) is 6.03. The largest absolute Gasteiger partial charge is 0.458 e. The number of benzene rings is 1. The third kappa shape index (κ3) is 0.776. The third-order valence-corrected chi connectivity index (χ3v) is 2.08. The summed E-state index contributed by atoms with van der Waals surface area (Å²) >= 11 is 2.65. The molecule has 2 aromatic rings. The van der Waals surface area contributed by atoms with E-state index in [9.17, 15) is 0 Å². The van der Waals surface area contributed by atoms with Crippen LogP contribution >= 0.6 is 0 Å². The predicted molar refractivity (Wildman–Crippen MR) is 43.1 cm³/mol. The third-order valence-electron chi connectivity index (χ3n) is 1.63. The van der Waals surface area contributed by atoms with Crippen molar-refractivity contribution < 1.29 is 0 Å². The number of hydrogen-bond acceptors (Lipinski definition) is 0. The van der Waals surface area contributed by atoms with Gasteiger partial charge in [0.15, 0.2) is 0 Å². The van der Waals surface area contributed by atoms with Crippen LogP contribution in [0.25, 0.3) is 10.9 Å². The van der Waals surface area contributed by atoms with Gasteiger partial charge < -0.3 is 3.55 Å². The molecule has 0 amide bonds.